The number of amides is 1. The summed E-state index contributed by atoms with van der Waals surface area (Å²) < 4.78 is 5.44. The van der Waals surface area contributed by atoms with Crippen LogP contribution >= 0.6 is 0 Å². The average Bonchev–Trinajstić information content (AvgIpc) is 2.71. The second kappa shape index (κ2) is 5.70. The number of alkyl carbamates (subject to hydrolysis) is 1. The van der Waals surface area contributed by atoms with Crippen molar-refractivity contribution in [2.75, 3.05) is 13.6 Å². The minimum absolute atomic E-state index is 0.179. The summed E-state index contributed by atoms with van der Waals surface area (Å²) in [6.45, 7) is 6.56. The number of carbonyl (C=O) groups excluding carboxylic acids is 1. The minimum Gasteiger partial charge on any atom is -0.444 e. The van der Waals surface area contributed by atoms with Crippen LogP contribution in [0.1, 0.15) is 59.3 Å². The first-order chi connectivity index (χ1) is 10.3. The monoisotopic (exact) mass is 308 g/mol. The van der Waals surface area contributed by atoms with Gasteiger partial charge in [-0.15, -0.1) is 0 Å². The summed E-state index contributed by atoms with van der Waals surface area (Å²) in [5.41, 5.74) is 0.0710. The van der Waals surface area contributed by atoms with E-state index in [0.717, 1.165) is 30.7 Å². The molecule has 4 rings (SSSR count). The molecule has 0 aliphatic heterocycles. The summed E-state index contributed by atoms with van der Waals surface area (Å²) in [5, 5.41) is 6.35. The Balaban J connectivity index is 1.61. The molecule has 2 unspecified atom stereocenters. The van der Waals surface area contributed by atoms with Gasteiger partial charge in [0.25, 0.3) is 0 Å². The van der Waals surface area contributed by atoms with E-state index in [0.29, 0.717) is 5.41 Å². The SMILES string of the molecule is CNC[C@H](CC12CC3CC(CC1C3)C2)NC(=O)OC(C)(C)C. The first-order valence-electron chi connectivity index (χ1n) is 8.94. The van der Waals surface area contributed by atoms with Crippen LogP contribution in [0.3, 0.4) is 0 Å². The van der Waals surface area contributed by atoms with Gasteiger partial charge in [-0.1, -0.05) is 0 Å². The zero-order chi connectivity index (χ0) is 16.0. The second-order valence-electron chi connectivity index (χ2n) is 9.01. The van der Waals surface area contributed by atoms with E-state index < -0.39 is 5.60 Å². The molecule has 1 amide bonds. The maximum Gasteiger partial charge on any atom is 0.407 e. The quantitative estimate of drug-likeness (QED) is 0.819. The van der Waals surface area contributed by atoms with E-state index in [1.807, 2.05) is 27.8 Å². The van der Waals surface area contributed by atoms with E-state index in [1.54, 1.807) is 0 Å². The molecule has 22 heavy (non-hydrogen) atoms. The number of likely N-dealkylation sites (N-methyl/N-ethyl adjacent to an activating group) is 1. The van der Waals surface area contributed by atoms with Crippen LogP contribution in [0.4, 0.5) is 4.79 Å². The van der Waals surface area contributed by atoms with Gasteiger partial charge in [-0.05, 0) is 89.5 Å². The summed E-state index contributed by atoms with van der Waals surface area (Å²) in [6, 6.07) is 0.179. The summed E-state index contributed by atoms with van der Waals surface area (Å²) in [4.78, 5) is 12.1. The summed E-state index contributed by atoms with van der Waals surface area (Å²) >= 11 is 0. The number of carbonyl (C=O) groups is 1. The van der Waals surface area contributed by atoms with Crippen molar-refractivity contribution in [3.8, 4) is 0 Å². The molecule has 3 atom stereocenters. The maximum atomic E-state index is 12.1. The fraction of sp³-hybridized carbons (Fsp3) is 0.944. The number of rotatable bonds is 5. The predicted molar refractivity (Wildman–Crippen MR) is 87.7 cm³/mol. The molecule has 126 valence electrons. The lowest BCUT2D eigenvalue weighted by Gasteiger charge is -2.36. The van der Waals surface area contributed by atoms with Crippen molar-refractivity contribution in [1.82, 2.24) is 10.6 Å². The maximum absolute atomic E-state index is 12.1. The molecule has 0 heterocycles. The van der Waals surface area contributed by atoms with Gasteiger partial charge in [-0.3, -0.25) is 0 Å². The van der Waals surface area contributed by atoms with Gasteiger partial charge < -0.3 is 15.4 Å². The van der Waals surface area contributed by atoms with Crippen LogP contribution in [0.5, 0.6) is 0 Å². The smallest absolute Gasteiger partial charge is 0.407 e. The van der Waals surface area contributed by atoms with Gasteiger partial charge in [0, 0.05) is 12.6 Å². The van der Waals surface area contributed by atoms with Crippen molar-refractivity contribution in [2.45, 2.75) is 70.9 Å². The lowest BCUT2D eigenvalue weighted by molar-refractivity contribution is 0.0477. The highest BCUT2D eigenvalue weighted by Gasteiger charge is 2.57. The van der Waals surface area contributed by atoms with Crippen LogP contribution in [-0.4, -0.2) is 31.3 Å². The zero-order valence-corrected chi connectivity index (χ0v) is 14.6. The third kappa shape index (κ3) is 3.27. The van der Waals surface area contributed by atoms with Crippen LogP contribution in [0.15, 0.2) is 0 Å². The Kier molecular flexibility index (Phi) is 4.17. The molecule has 0 aromatic carbocycles. The predicted octanol–water partition coefficient (Wildman–Crippen LogP) is 3.32. The highest BCUT2D eigenvalue weighted by atomic mass is 16.6. The fourth-order valence-electron chi connectivity index (χ4n) is 5.68. The summed E-state index contributed by atoms with van der Waals surface area (Å²) in [5.74, 6) is 2.85. The normalized spacial score (nSPS) is 37.4. The lowest BCUT2D eigenvalue weighted by atomic mass is 9.72. The van der Waals surface area contributed by atoms with E-state index in [1.165, 1.54) is 32.1 Å². The van der Waals surface area contributed by atoms with Crippen molar-refractivity contribution in [2.24, 2.45) is 23.2 Å². The standard InChI is InChI=1S/C18H32N2O2/c1-17(2,3)22-16(21)20-15(11-19-4)10-18-8-12-5-13(9-18)7-14(18)6-12/h12-15,19H,5-11H2,1-4H3,(H,20,21)/t12?,13?,14?,15-,18?/m0/s1. The molecule has 4 saturated carbocycles. The highest BCUT2D eigenvalue weighted by molar-refractivity contribution is 5.68. The van der Waals surface area contributed by atoms with E-state index >= 15 is 0 Å². The highest BCUT2D eigenvalue weighted by Crippen LogP contribution is 2.67. The molecule has 4 bridgehead atoms. The van der Waals surface area contributed by atoms with Crippen molar-refractivity contribution >= 4 is 6.09 Å². The van der Waals surface area contributed by atoms with Gasteiger partial charge in [0.1, 0.15) is 5.60 Å². The molecule has 4 fully saturated rings. The Morgan fingerprint density at radius 3 is 2.41 bits per heavy atom. The largest absolute Gasteiger partial charge is 0.444 e. The summed E-state index contributed by atoms with van der Waals surface area (Å²) in [6.07, 6.45) is 7.97. The van der Waals surface area contributed by atoms with Crippen molar-refractivity contribution in [3.63, 3.8) is 0 Å². The number of ether oxygens (including phenoxy) is 1. The Labute approximate surface area is 134 Å². The van der Waals surface area contributed by atoms with Gasteiger partial charge in [-0.25, -0.2) is 4.79 Å². The minimum atomic E-state index is -0.433. The van der Waals surface area contributed by atoms with Gasteiger partial charge in [0.15, 0.2) is 0 Å². The molecular formula is C18H32N2O2. The average molecular weight is 308 g/mol. The van der Waals surface area contributed by atoms with Crippen LogP contribution < -0.4 is 10.6 Å². The Morgan fingerprint density at radius 1 is 1.23 bits per heavy atom. The number of hydrogen-bond donors (Lipinski definition) is 2. The lowest BCUT2D eigenvalue weighted by Crippen LogP contribution is -2.46. The molecule has 0 aromatic heterocycles. The van der Waals surface area contributed by atoms with Crippen LogP contribution in [0.25, 0.3) is 0 Å². The number of hydrogen-bond acceptors (Lipinski definition) is 3. The van der Waals surface area contributed by atoms with Crippen LogP contribution in [0, 0.1) is 23.2 Å². The molecule has 0 saturated heterocycles. The topological polar surface area (TPSA) is 50.4 Å². The van der Waals surface area contributed by atoms with E-state index in [4.69, 9.17) is 4.74 Å². The molecule has 0 spiro atoms. The first kappa shape index (κ1) is 16.1. The molecule has 0 radical (unpaired) electrons. The van der Waals surface area contributed by atoms with Gasteiger partial charge in [-0.2, -0.15) is 0 Å². The Hall–Kier alpha value is -0.770. The Morgan fingerprint density at radius 2 is 1.86 bits per heavy atom. The molecule has 4 aliphatic carbocycles. The molecule has 4 heteroatoms. The van der Waals surface area contributed by atoms with Crippen molar-refractivity contribution < 1.29 is 9.53 Å². The molecule has 0 aromatic rings. The van der Waals surface area contributed by atoms with Crippen LogP contribution in [0.2, 0.25) is 0 Å². The Bertz CT molecular complexity index is 415. The third-order valence-electron chi connectivity index (χ3n) is 5.98. The summed E-state index contributed by atoms with van der Waals surface area (Å²) in [7, 11) is 1.96. The van der Waals surface area contributed by atoms with Gasteiger partial charge in [0.2, 0.25) is 0 Å². The molecule has 4 nitrogen and oxygen atoms in total. The van der Waals surface area contributed by atoms with E-state index in [2.05, 4.69) is 10.6 Å². The fourth-order valence-corrected chi connectivity index (χ4v) is 5.68. The molecule has 2 N–H and O–H groups in total. The number of nitrogens with one attached hydrogen (secondary N) is 2. The van der Waals surface area contributed by atoms with E-state index in [-0.39, 0.29) is 12.1 Å². The van der Waals surface area contributed by atoms with Crippen LogP contribution in [-0.2, 0) is 4.74 Å². The third-order valence-corrected chi connectivity index (χ3v) is 5.98. The molecular weight excluding hydrogens is 276 g/mol. The molecule has 4 aliphatic rings. The van der Waals surface area contributed by atoms with Gasteiger partial charge >= 0.3 is 6.09 Å². The second-order valence-corrected chi connectivity index (χ2v) is 9.01. The zero-order valence-electron chi connectivity index (χ0n) is 14.6. The van der Waals surface area contributed by atoms with Crippen molar-refractivity contribution in [3.05, 3.63) is 0 Å². The van der Waals surface area contributed by atoms with E-state index in [9.17, 15) is 4.79 Å². The van der Waals surface area contributed by atoms with Crippen molar-refractivity contribution in [1.29, 1.82) is 0 Å². The first-order valence-corrected chi connectivity index (χ1v) is 8.94. The van der Waals surface area contributed by atoms with Gasteiger partial charge in [0.05, 0.1) is 0 Å².